The molecular weight excluding hydrogens is 488 g/mol. The number of benzene rings is 1. The summed E-state index contributed by atoms with van der Waals surface area (Å²) in [6, 6.07) is 0.815. The molecule has 1 aromatic carbocycles. The zero-order valence-corrected chi connectivity index (χ0v) is 21.0. The van der Waals surface area contributed by atoms with Crippen molar-refractivity contribution in [2.45, 2.75) is 76.7 Å². The van der Waals surface area contributed by atoms with Crippen LogP contribution in [-0.2, 0) is 30.4 Å². The van der Waals surface area contributed by atoms with Crippen molar-refractivity contribution < 1.29 is 44.4 Å². The first kappa shape index (κ1) is 31.3. The standard InChI is InChI=1S/C24H36N4O9/c1-4-12(2)19(27-21(33)16(25)11-14-5-7-15(30)8-6-14)23(35)26-17(9-10-18(31)32)22(34)28-20(13(3)29)24(36)37/h5-8,12-13,16-17,19-20,29-30H,4,9-11,25H2,1-3H3,(H,26,35)(H,27,33)(H,28,34)(H,31,32)(H,36,37). The normalized spacial score (nSPS) is 15.8. The van der Waals surface area contributed by atoms with E-state index in [4.69, 9.17) is 10.8 Å². The minimum atomic E-state index is -1.68. The number of hydrogen-bond acceptors (Lipinski definition) is 8. The maximum atomic E-state index is 13.1. The van der Waals surface area contributed by atoms with Crippen LogP contribution in [0.4, 0.5) is 0 Å². The van der Waals surface area contributed by atoms with Crippen molar-refractivity contribution in [1.82, 2.24) is 16.0 Å². The molecule has 206 valence electrons. The molecular formula is C24H36N4O9. The highest BCUT2D eigenvalue weighted by Crippen LogP contribution is 2.13. The Labute approximate surface area is 214 Å². The monoisotopic (exact) mass is 524 g/mol. The molecule has 0 radical (unpaired) electrons. The summed E-state index contributed by atoms with van der Waals surface area (Å²) >= 11 is 0. The van der Waals surface area contributed by atoms with E-state index in [-0.39, 0.29) is 18.6 Å². The molecule has 6 unspecified atom stereocenters. The Balaban J connectivity index is 3.02. The van der Waals surface area contributed by atoms with Gasteiger partial charge in [0.05, 0.1) is 12.1 Å². The van der Waals surface area contributed by atoms with Crippen LogP contribution in [-0.4, -0.2) is 80.4 Å². The van der Waals surface area contributed by atoms with Crippen molar-refractivity contribution in [2.24, 2.45) is 11.7 Å². The van der Waals surface area contributed by atoms with Crippen LogP contribution in [0.2, 0.25) is 0 Å². The molecule has 0 aliphatic rings. The summed E-state index contributed by atoms with van der Waals surface area (Å²) in [5.74, 6) is -5.53. The Morgan fingerprint density at radius 2 is 1.46 bits per heavy atom. The molecule has 1 aromatic rings. The Kier molecular flexibility index (Phi) is 12.5. The van der Waals surface area contributed by atoms with Gasteiger partial charge in [-0.15, -0.1) is 0 Å². The highest BCUT2D eigenvalue weighted by atomic mass is 16.4. The van der Waals surface area contributed by atoms with Crippen LogP contribution in [0.15, 0.2) is 24.3 Å². The van der Waals surface area contributed by atoms with E-state index < -0.39 is 72.3 Å². The van der Waals surface area contributed by atoms with Crippen LogP contribution in [0.5, 0.6) is 5.75 Å². The zero-order valence-electron chi connectivity index (χ0n) is 21.0. The average molecular weight is 525 g/mol. The molecule has 1 rings (SSSR count). The third-order valence-corrected chi connectivity index (χ3v) is 5.85. The van der Waals surface area contributed by atoms with Crippen LogP contribution in [0.3, 0.4) is 0 Å². The maximum absolute atomic E-state index is 13.1. The lowest BCUT2D eigenvalue weighted by Gasteiger charge is -2.28. The minimum absolute atomic E-state index is 0.0555. The number of aliphatic hydroxyl groups excluding tert-OH is 1. The van der Waals surface area contributed by atoms with E-state index in [1.54, 1.807) is 26.0 Å². The summed E-state index contributed by atoms with van der Waals surface area (Å²) in [6.45, 7) is 4.62. The van der Waals surface area contributed by atoms with E-state index in [0.29, 0.717) is 12.0 Å². The van der Waals surface area contributed by atoms with Gasteiger partial charge in [-0.05, 0) is 43.4 Å². The van der Waals surface area contributed by atoms with Crippen molar-refractivity contribution in [1.29, 1.82) is 0 Å². The molecule has 0 aliphatic heterocycles. The molecule has 0 aliphatic carbocycles. The van der Waals surface area contributed by atoms with Crippen LogP contribution in [0, 0.1) is 5.92 Å². The van der Waals surface area contributed by atoms with Crippen LogP contribution < -0.4 is 21.7 Å². The molecule has 0 bridgehead atoms. The first-order chi connectivity index (χ1) is 17.3. The third-order valence-electron chi connectivity index (χ3n) is 5.85. The van der Waals surface area contributed by atoms with Crippen molar-refractivity contribution in [3.63, 3.8) is 0 Å². The van der Waals surface area contributed by atoms with Crippen LogP contribution in [0.25, 0.3) is 0 Å². The van der Waals surface area contributed by atoms with Gasteiger partial charge in [0, 0.05) is 6.42 Å². The number of aliphatic hydroxyl groups is 1. The van der Waals surface area contributed by atoms with Gasteiger partial charge in [0.25, 0.3) is 0 Å². The van der Waals surface area contributed by atoms with E-state index in [2.05, 4.69) is 16.0 Å². The second kappa shape index (κ2) is 14.8. The number of carboxylic acids is 2. The van der Waals surface area contributed by atoms with Crippen molar-refractivity contribution >= 4 is 29.7 Å². The van der Waals surface area contributed by atoms with Gasteiger partial charge in [-0.25, -0.2) is 4.79 Å². The fourth-order valence-corrected chi connectivity index (χ4v) is 3.38. The fourth-order valence-electron chi connectivity index (χ4n) is 3.38. The number of hydrogen-bond donors (Lipinski definition) is 8. The Hall–Kier alpha value is -3.71. The Bertz CT molecular complexity index is 952. The number of phenols is 1. The van der Waals surface area contributed by atoms with E-state index in [1.807, 2.05) is 0 Å². The average Bonchev–Trinajstić information content (AvgIpc) is 2.83. The lowest BCUT2D eigenvalue weighted by atomic mass is 9.96. The smallest absolute Gasteiger partial charge is 0.328 e. The molecule has 6 atom stereocenters. The highest BCUT2D eigenvalue weighted by molar-refractivity contribution is 5.94. The number of nitrogens with one attached hydrogen (secondary N) is 3. The molecule has 9 N–H and O–H groups in total. The van der Waals surface area contributed by atoms with Crippen molar-refractivity contribution in [3.8, 4) is 5.75 Å². The van der Waals surface area contributed by atoms with E-state index in [0.717, 1.165) is 6.92 Å². The van der Waals surface area contributed by atoms with Gasteiger partial charge in [-0.1, -0.05) is 32.4 Å². The summed E-state index contributed by atoms with van der Waals surface area (Å²) in [6.07, 6.45) is -1.75. The minimum Gasteiger partial charge on any atom is -0.508 e. The van der Waals surface area contributed by atoms with E-state index >= 15 is 0 Å². The van der Waals surface area contributed by atoms with E-state index in [1.165, 1.54) is 12.1 Å². The predicted molar refractivity (Wildman–Crippen MR) is 131 cm³/mol. The maximum Gasteiger partial charge on any atom is 0.328 e. The zero-order chi connectivity index (χ0) is 28.3. The molecule has 0 saturated heterocycles. The lowest BCUT2D eigenvalue weighted by Crippen LogP contribution is -2.59. The van der Waals surface area contributed by atoms with Crippen LogP contribution in [0.1, 0.15) is 45.6 Å². The first-order valence-electron chi connectivity index (χ1n) is 11.8. The van der Waals surface area contributed by atoms with Gasteiger partial charge in [0.1, 0.15) is 17.8 Å². The number of carbonyl (C=O) groups excluding carboxylic acids is 3. The molecule has 0 aromatic heterocycles. The SMILES string of the molecule is CCC(C)C(NC(=O)C(N)Cc1ccc(O)cc1)C(=O)NC(CCC(=O)O)C(=O)NC(C(=O)O)C(C)O. The number of phenolic OH excluding ortho intramolecular Hbond substituents is 1. The number of rotatable bonds is 15. The molecule has 37 heavy (non-hydrogen) atoms. The Morgan fingerprint density at radius 3 is 1.95 bits per heavy atom. The molecule has 3 amide bonds. The van der Waals surface area contributed by atoms with Gasteiger partial charge >= 0.3 is 11.9 Å². The predicted octanol–water partition coefficient (Wildman–Crippen LogP) is -0.907. The second-order valence-electron chi connectivity index (χ2n) is 8.91. The Morgan fingerprint density at radius 1 is 0.892 bits per heavy atom. The number of aromatic hydroxyl groups is 1. The van der Waals surface area contributed by atoms with E-state index in [9.17, 15) is 39.3 Å². The number of carbonyl (C=O) groups is 5. The van der Waals surface area contributed by atoms with Gasteiger partial charge in [-0.2, -0.15) is 0 Å². The largest absolute Gasteiger partial charge is 0.508 e. The summed E-state index contributed by atoms with van der Waals surface area (Å²) in [5.41, 5.74) is 6.69. The summed E-state index contributed by atoms with van der Waals surface area (Å²) in [4.78, 5) is 61.0. The summed E-state index contributed by atoms with van der Waals surface area (Å²) in [5, 5.41) is 44.3. The molecule has 13 nitrogen and oxygen atoms in total. The van der Waals surface area contributed by atoms with Gasteiger partial charge < -0.3 is 42.1 Å². The van der Waals surface area contributed by atoms with Crippen LogP contribution >= 0.6 is 0 Å². The number of aliphatic carboxylic acids is 2. The second-order valence-corrected chi connectivity index (χ2v) is 8.91. The fraction of sp³-hybridized carbons (Fsp3) is 0.542. The summed E-state index contributed by atoms with van der Waals surface area (Å²) in [7, 11) is 0. The van der Waals surface area contributed by atoms with Gasteiger partial charge in [0.15, 0.2) is 6.04 Å². The lowest BCUT2D eigenvalue weighted by molar-refractivity contribution is -0.145. The number of amides is 3. The molecule has 0 spiro atoms. The molecule has 0 heterocycles. The molecule has 13 heteroatoms. The third kappa shape index (κ3) is 10.4. The van der Waals surface area contributed by atoms with Crippen molar-refractivity contribution in [2.75, 3.05) is 0 Å². The summed E-state index contributed by atoms with van der Waals surface area (Å²) < 4.78 is 0. The number of nitrogens with two attached hydrogens (primary N) is 1. The molecule has 0 saturated carbocycles. The number of carboxylic acid groups (broad SMARTS) is 2. The van der Waals surface area contributed by atoms with Crippen molar-refractivity contribution in [3.05, 3.63) is 29.8 Å². The highest BCUT2D eigenvalue weighted by Gasteiger charge is 2.33. The quantitative estimate of drug-likeness (QED) is 0.141. The first-order valence-corrected chi connectivity index (χ1v) is 11.8. The molecule has 0 fully saturated rings. The van der Waals surface area contributed by atoms with Gasteiger partial charge in [-0.3, -0.25) is 19.2 Å². The topological polar surface area (TPSA) is 228 Å². The van der Waals surface area contributed by atoms with Gasteiger partial charge in [0.2, 0.25) is 17.7 Å².